The molecule has 7 heteroatoms. The van der Waals surface area contributed by atoms with Crippen molar-refractivity contribution in [1.82, 2.24) is 5.32 Å². The summed E-state index contributed by atoms with van der Waals surface area (Å²) in [4.78, 5) is 11.4. The van der Waals surface area contributed by atoms with Gasteiger partial charge in [0.1, 0.15) is 17.5 Å². The average molecular weight is 314 g/mol. The van der Waals surface area contributed by atoms with E-state index >= 15 is 0 Å². The maximum absolute atomic E-state index is 13.1. The summed E-state index contributed by atoms with van der Waals surface area (Å²) in [5, 5.41) is 22.4. The second kappa shape index (κ2) is 7.42. The molecular formula is C15H23FN2O4. The molecule has 0 bridgehead atoms. The first-order chi connectivity index (χ1) is 10.1. The van der Waals surface area contributed by atoms with E-state index in [0.29, 0.717) is 5.56 Å². The zero-order valence-electron chi connectivity index (χ0n) is 13.0. The summed E-state index contributed by atoms with van der Waals surface area (Å²) in [6.45, 7) is 5.35. The number of hydrogen-bond donors (Lipinski definition) is 4. The van der Waals surface area contributed by atoms with E-state index in [4.69, 9.17) is 10.5 Å². The number of halogens is 1. The summed E-state index contributed by atoms with van der Waals surface area (Å²) < 4.78 is 18.1. The number of rotatable bonds is 5. The first kappa shape index (κ1) is 18.2. The van der Waals surface area contributed by atoms with Gasteiger partial charge in [-0.05, 0) is 44.9 Å². The van der Waals surface area contributed by atoms with Gasteiger partial charge in [-0.15, -0.1) is 0 Å². The van der Waals surface area contributed by atoms with Crippen molar-refractivity contribution in [2.75, 3.05) is 12.3 Å². The number of hydrogen-bond acceptors (Lipinski definition) is 5. The molecule has 2 atom stereocenters. The first-order valence-corrected chi connectivity index (χ1v) is 6.98. The van der Waals surface area contributed by atoms with E-state index in [0.717, 1.165) is 6.07 Å². The van der Waals surface area contributed by atoms with Gasteiger partial charge in [0.25, 0.3) is 0 Å². The van der Waals surface area contributed by atoms with E-state index in [1.54, 1.807) is 20.8 Å². The molecule has 1 rings (SSSR count). The molecule has 1 aromatic carbocycles. The number of alkyl carbamates (subject to hydrolysis) is 1. The van der Waals surface area contributed by atoms with Crippen LogP contribution in [0.5, 0.6) is 0 Å². The highest BCUT2D eigenvalue weighted by Crippen LogP contribution is 2.22. The van der Waals surface area contributed by atoms with Gasteiger partial charge < -0.3 is 26.0 Å². The third-order valence-corrected chi connectivity index (χ3v) is 2.83. The third-order valence-electron chi connectivity index (χ3n) is 2.83. The Labute approximate surface area is 129 Å². The number of carbonyl (C=O) groups excluding carboxylic acids is 1. The lowest BCUT2D eigenvalue weighted by molar-refractivity contribution is 0.0123. The molecule has 0 saturated carbocycles. The summed E-state index contributed by atoms with van der Waals surface area (Å²) in [5.41, 5.74) is 5.02. The predicted octanol–water partition coefficient (Wildman–Crippen LogP) is 1.72. The second-order valence-corrected chi connectivity index (χ2v) is 6.01. The minimum absolute atomic E-state index is 0.101. The van der Waals surface area contributed by atoms with E-state index in [-0.39, 0.29) is 18.7 Å². The number of carbonyl (C=O) groups is 1. The van der Waals surface area contributed by atoms with Crippen LogP contribution in [-0.2, 0) is 4.74 Å². The summed E-state index contributed by atoms with van der Waals surface area (Å²) >= 11 is 0. The topological polar surface area (TPSA) is 105 Å². The number of nitrogens with one attached hydrogen (secondary N) is 1. The minimum Gasteiger partial charge on any atom is -0.444 e. The molecule has 22 heavy (non-hydrogen) atoms. The Bertz CT molecular complexity index is 517. The molecule has 0 fully saturated rings. The molecule has 0 saturated heterocycles. The molecule has 0 aromatic heterocycles. The number of nitrogens with two attached hydrogens (primary N) is 1. The van der Waals surface area contributed by atoms with Crippen molar-refractivity contribution in [1.29, 1.82) is 0 Å². The van der Waals surface area contributed by atoms with Crippen molar-refractivity contribution >= 4 is 11.8 Å². The molecule has 0 heterocycles. The molecule has 0 aliphatic heterocycles. The molecule has 2 unspecified atom stereocenters. The maximum Gasteiger partial charge on any atom is 0.407 e. The van der Waals surface area contributed by atoms with Gasteiger partial charge in [-0.1, -0.05) is 6.07 Å². The van der Waals surface area contributed by atoms with Gasteiger partial charge in [0.15, 0.2) is 0 Å². The van der Waals surface area contributed by atoms with Crippen LogP contribution in [0, 0.1) is 5.82 Å². The van der Waals surface area contributed by atoms with Crippen molar-refractivity contribution in [3.8, 4) is 0 Å². The Balaban J connectivity index is 2.46. The quantitative estimate of drug-likeness (QED) is 0.619. The summed E-state index contributed by atoms with van der Waals surface area (Å²) in [6, 6.07) is 3.74. The van der Waals surface area contributed by atoms with Gasteiger partial charge >= 0.3 is 6.09 Å². The number of amides is 1. The van der Waals surface area contributed by atoms with Crippen molar-refractivity contribution in [2.45, 2.75) is 45.0 Å². The molecule has 0 aliphatic rings. The predicted molar refractivity (Wildman–Crippen MR) is 80.6 cm³/mol. The van der Waals surface area contributed by atoms with Gasteiger partial charge in [-0.2, -0.15) is 0 Å². The monoisotopic (exact) mass is 314 g/mol. The third kappa shape index (κ3) is 5.87. The smallest absolute Gasteiger partial charge is 0.407 e. The highest BCUT2D eigenvalue weighted by atomic mass is 19.1. The Hall–Kier alpha value is -1.86. The lowest BCUT2D eigenvalue weighted by atomic mass is 10.0. The van der Waals surface area contributed by atoms with Gasteiger partial charge in [0.05, 0.1) is 11.8 Å². The minimum atomic E-state index is -1.22. The van der Waals surface area contributed by atoms with Gasteiger partial charge in [0, 0.05) is 6.54 Å². The summed E-state index contributed by atoms with van der Waals surface area (Å²) in [6.07, 6.45) is -2.83. The fourth-order valence-electron chi connectivity index (χ4n) is 1.76. The number of aliphatic hydroxyl groups excluding tert-OH is 2. The van der Waals surface area contributed by atoms with E-state index in [9.17, 15) is 19.4 Å². The lowest BCUT2D eigenvalue weighted by Gasteiger charge is -2.21. The molecule has 5 N–H and O–H groups in total. The zero-order chi connectivity index (χ0) is 16.9. The van der Waals surface area contributed by atoms with Crippen LogP contribution in [0.1, 0.15) is 38.9 Å². The van der Waals surface area contributed by atoms with E-state index in [1.165, 1.54) is 12.1 Å². The number of nitrogen functional groups attached to an aromatic ring is 1. The number of benzene rings is 1. The molecule has 124 valence electrons. The second-order valence-electron chi connectivity index (χ2n) is 6.01. The number of aliphatic hydroxyl groups is 2. The molecule has 6 nitrogen and oxygen atoms in total. The highest BCUT2D eigenvalue weighted by molar-refractivity contribution is 5.67. The summed E-state index contributed by atoms with van der Waals surface area (Å²) in [5.74, 6) is -0.586. The van der Waals surface area contributed by atoms with E-state index in [1.807, 2.05) is 0 Å². The molecule has 0 aliphatic carbocycles. The fraction of sp³-hybridized carbons (Fsp3) is 0.533. The normalized spacial score (nSPS) is 14.3. The standard InChI is InChI=1S/C15H23FN2O4/c1-15(2,3)22-14(21)18-7-6-12(19)13(20)9-4-5-10(16)11(17)8-9/h4-5,8,12-13,19-20H,6-7,17H2,1-3H3,(H,18,21). The van der Waals surface area contributed by atoms with Crippen molar-refractivity contribution in [3.63, 3.8) is 0 Å². The fourth-order valence-corrected chi connectivity index (χ4v) is 1.76. The SMILES string of the molecule is CC(C)(C)OC(=O)NCCC(O)C(O)c1ccc(F)c(N)c1. The number of ether oxygens (including phenoxy) is 1. The van der Waals surface area contributed by atoms with Crippen LogP contribution in [0.3, 0.4) is 0 Å². The Morgan fingerprint density at radius 2 is 2.05 bits per heavy atom. The van der Waals surface area contributed by atoms with Crippen LogP contribution in [-0.4, -0.2) is 34.6 Å². The highest BCUT2D eigenvalue weighted by Gasteiger charge is 2.20. The molecule has 1 amide bonds. The molecule has 0 radical (unpaired) electrons. The number of anilines is 1. The van der Waals surface area contributed by atoms with Gasteiger partial charge in [-0.3, -0.25) is 0 Å². The van der Waals surface area contributed by atoms with Crippen molar-refractivity contribution < 1.29 is 24.1 Å². The Morgan fingerprint density at radius 3 is 2.59 bits per heavy atom. The molecular weight excluding hydrogens is 291 g/mol. The van der Waals surface area contributed by atoms with Crippen molar-refractivity contribution in [3.05, 3.63) is 29.6 Å². The van der Waals surface area contributed by atoms with Crippen molar-refractivity contribution in [2.24, 2.45) is 0 Å². The molecule has 1 aromatic rings. The molecule has 0 spiro atoms. The van der Waals surface area contributed by atoms with Gasteiger partial charge in [0.2, 0.25) is 0 Å². The maximum atomic E-state index is 13.1. The largest absolute Gasteiger partial charge is 0.444 e. The van der Waals surface area contributed by atoms with Crippen LogP contribution in [0.15, 0.2) is 18.2 Å². The van der Waals surface area contributed by atoms with Crippen LogP contribution >= 0.6 is 0 Å². The van der Waals surface area contributed by atoms with Crippen LogP contribution < -0.4 is 11.1 Å². The average Bonchev–Trinajstić information content (AvgIpc) is 2.38. The van der Waals surface area contributed by atoms with E-state index < -0.39 is 29.7 Å². The van der Waals surface area contributed by atoms with E-state index in [2.05, 4.69) is 5.32 Å². The van der Waals surface area contributed by atoms with Crippen LogP contribution in [0.2, 0.25) is 0 Å². The Kier molecular flexibility index (Phi) is 6.13. The van der Waals surface area contributed by atoms with Gasteiger partial charge in [-0.25, -0.2) is 9.18 Å². The Morgan fingerprint density at radius 1 is 1.41 bits per heavy atom. The lowest BCUT2D eigenvalue weighted by Crippen LogP contribution is -2.34. The zero-order valence-corrected chi connectivity index (χ0v) is 13.0. The van der Waals surface area contributed by atoms with Crippen LogP contribution in [0.4, 0.5) is 14.9 Å². The first-order valence-electron chi connectivity index (χ1n) is 6.98. The summed E-state index contributed by atoms with van der Waals surface area (Å²) in [7, 11) is 0. The van der Waals surface area contributed by atoms with Crippen LogP contribution in [0.25, 0.3) is 0 Å².